The number of hydrogen-bond donors (Lipinski definition) is 2. The van der Waals surface area contributed by atoms with Crippen LogP contribution in [0.15, 0.2) is 60.7 Å². The molecule has 1 aliphatic carbocycles. The zero-order chi connectivity index (χ0) is 17.5. The van der Waals surface area contributed by atoms with Crippen LogP contribution in [0.1, 0.15) is 42.7 Å². The Morgan fingerprint density at radius 3 is 2.04 bits per heavy atom. The summed E-state index contributed by atoms with van der Waals surface area (Å²) in [5, 5.41) is 0. The second kappa shape index (κ2) is 8.47. The van der Waals surface area contributed by atoms with E-state index in [9.17, 15) is 9.59 Å². The number of nitrogens with one attached hydrogen (secondary N) is 2. The fraction of sp³-hybridized carbons (Fsp3) is 0.333. The van der Waals surface area contributed by atoms with Crippen molar-refractivity contribution in [1.29, 1.82) is 0 Å². The molecule has 0 atom stereocenters. The van der Waals surface area contributed by atoms with Gasteiger partial charge >= 0.3 is 0 Å². The van der Waals surface area contributed by atoms with Crippen LogP contribution in [0, 0.1) is 5.92 Å². The molecule has 1 aliphatic rings. The van der Waals surface area contributed by atoms with Crippen molar-refractivity contribution in [2.75, 3.05) is 0 Å². The molecule has 0 heterocycles. The van der Waals surface area contributed by atoms with Crippen LogP contribution in [0.3, 0.4) is 0 Å². The van der Waals surface area contributed by atoms with Gasteiger partial charge in [0.2, 0.25) is 11.8 Å². The Bertz CT molecular complexity index is 692. The molecule has 0 aliphatic heterocycles. The monoisotopic (exact) mass is 336 g/mol. The number of carbonyl (C=O) groups is 2. The van der Waals surface area contributed by atoms with Crippen molar-refractivity contribution in [3.05, 3.63) is 71.8 Å². The maximum absolute atomic E-state index is 12.3. The maximum Gasteiger partial charge on any atom is 0.242 e. The Labute approximate surface area is 148 Å². The van der Waals surface area contributed by atoms with Gasteiger partial charge in [-0.2, -0.15) is 0 Å². The van der Waals surface area contributed by atoms with E-state index in [1.807, 2.05) is 36.4 Å². The molecular weight excluding hydrogens is 312 g/mol. The molecule has 2 N–H and O–H groups in total. The smallest absolute Gasteiger partial charge is 0.242 e. The average molecular weight is 336 g/mol. The number of carbonyl (C=O) groups excluding carboxylic acids is 2. The van der Waals surface area contributed by atoms with Gasteiger partial charge in [0.05, 0.1) is 6.42 Å². The van der Waals surface area contributed by atoms with Crippen LogP contribution in [0.4, 0.5) is 0 Å². The lowest BCUT2D eigenvalue weighted by Crippen LogP contribution is -2.45. The molecule has 1 saturated carbocycles. The molecule has 0 spiro atoms. The van der Waals surface area contributed by atoms with Crippen molar-refractivity contribution in [3.63, 3.8) is 0 Å². The van der Waals surface area contributed by atoms with Gasteiger partial charge in [-0.25, -0.2) is 0 Å². The minimum absolute atomic E-state index is 0.0167. The van der Waals surface area contributed by atoms with Crippen molar-refractivity contribution < 1.29 is 9.59 Å². The summed E-state index contributed by atoms with van der Waals surface area (Å²) < 4.78 is 0. The zero-order valence-corrected chi connectivity index (χ0v) is 14.3. The summed E-state index contributed by atoms with van der Waals surface area (Å²) in [7, 11) is 0. The number of hydrazine groups is 1. The zero-order valence-electron chi connectivity index (χ0n) is 14.3. The van der Waals surface area contributed by atoms with Crippen LogP contribution in [0.2, 0.25) is 0 Å². The van der Waals surface area contributed by atoms with E-state index < -0.39 is 0 Å². The van der Waals surface area contributed by atoms with Crippen molar-refractivity contribution in [3.8, 4) is 0 Å². The number of rotatable bonds is 4. The van der Waals surface area contributed by atoms with Gasteiger partial charge in [0.1, 0.15) is 0 Å². The quantitative estimate of drug-likeness (QED) is 0.841. The lowest BCUT2D eigenvalue weighted by molar-refractivity contribution is -0.131. The average Bonchev–Trinajstić information content (AvgIpc) is 2.68. The molecule has 3 rings (SSSR count). The van der Waals surface area contributed by atoms with Crippen LogP contribution in [0.5, 0.6) is 0 Å². The molecule has 2 aromatic rings. The molecule has 2 aromatic carbocycles. The Morgan fingerprint density at radius 1 is 0.800 bits per heavy atom. The first kappa shape index (κ1) is 17.2. The van der Waals surface area contributed by atoms with Gasteiger partial charge in [-0.15, -0.1) is 0 Å². The van der Waals surface area contributed by atoms with Crippen LogP contribution in [-0.2, 0) is 16.0 Å². The van der Waals surface area contributed by atoms with E-state index >= 15 is 0 Å². The molecule has 0 saturated heterocycles. The lowest BCUT2D eigenvalue weighted by atomic mass is 9.78. The van der Waals surface area contributed by atoms with Crippen LogP contribution >= 0.6 is 0 Å². The van der Waals surface area contributed by atoms with Crippen LogP contribution in [-0.4, -0.2) is 11.8 Å². The number of benzene rings is 2. The summed E-state index contributed by atoms with van der Waals surface area (Å²) in [5.74, 6) is 0.250. The highest BCUT2D eigenvalue weighted by atomic mass is 16.2. The molecule has 130 valence electrons. The third-order valence-electron chi connectivity index (χ3n) is 4.90. The van der Waals surface area contributed by atoms with Gasteiger partial charge < -0.3 is 0 Å². The standard InChI is InChI=1S/C21H24N2O2/c24-20(15-16-7-3-1-4-8-16)22-23-21(25)19-13-11-18(12-14-19)17-9-5-2-6-10-17/h1-10,18-19H,11-15H2,(H,22,24)(H,23,25). The molecule has 0 unspecified atom stereocenters. The first-order valence-corrected chi connectivity index (χ1v) is 8.90. The minimum Gasteiger partial charge on any atom is -0.273 e. The summed E-state index contributed by atoms with van der Waals surface area (Å²) in [6.07, 6.45) is 4.02. The topological polar surface area (TPSA) is 58.2 Å². The Hall–Kier alpha value is -2.62. The molecule has 1 fully saturated rings. The first-order chi connectivity index (χ1) is 12.2. The van der Waals surface area contributed by atoms with Gasteiger partial charge in [0.15, 0.2) is 0 Å². The van der Waals surface area contributed by atoms with E-state index in [4.69, 9.17) is 0 Å². The predicted octanol–water partition coefficient (Wildman–Crippen LogP) is 3.35. The van der Waals surface area contributed by atoms with E-state index in [1.54, 1.807) is 0 Å². The molecule has 25 heavy (non-hydrogen) atoms. The summed E-state index contributed by atoms with van der Waals surface area (Å²) >= 11 is 0. The maximum atomic E-state index is 12.3. The Balaban J connectivity index is 1.41. The highest BCUT2D eigenvalue weighted by Crippen LogP contribution is 2.35. The molecule has 4 nitrogen and oxygen atoms in total. The molecule has 0 radical (unpaired) electrons. The molecule has 0 bridgehead atoms. The molecule has 2 amide bonds. The van der Waals surface area contributed by atoms with E-state index in [2.05, 4.69) is 35.1 Å². The van der Waals surface area contributed by atoms with Gasteiger partial charge in [0, 0.05) is 5.92 Å². The SMILES string of the molecule is O=C(Cc1ccccc1)NNC(=O)C1CCC(c2ccccc2)CC1. The van der Waals surface area contributed by atoms with Gasteiger partial charge in [-0.3, -0.25) is 20.4 Å². The summed E-state index contributed by atoms with van der Waals surface area (Å²) in [6.45, 7) is 0. The third-order valence-corrected chi connectivity index (χ3v) is 4.90. The predicted molar refractivity (Wildman–Crippen MR) is 97.6 cm³/mol. The van der Waals surface area contributed by atoms with Gasteiger partial charge in [-0.1, -0.05) is 60.7 Å². The Kier molecular flexibility index (Phi) is 5.83. The van der Waals surface area contributed by atoms with Crippen LogP contribution in [0.25, 0.3) is 0 Å². The van der Waals surface area contributed by atoms with Crippen molar-refractivity contribution in [2.45, 2.75) is 38.0 Å². The molecule has 0 aromatic heterocycles. The summed E-state index contributed by atoms with van der Waals surface area (Å²) in [6, 6.07) is 20.0. The van der Waals surface area contributed by atoms with Crippen LogP contribution < -0.4 is 10.9 Å². The van der Waals surface area contributed by atoms with E-state index in [0.717, 1.165) is 31.2 Å². The molecular formula is C21H24N2O2. The molecule has 4 heteroatoms. The van der Waals surface area contributed by atoms with Crippen molar-refractivity contribution in [2.24, 2.45) is 5.92 Å². The highest BCUT2D eigenvalue weighted by Gasteiger charge is 2.27. The Morgan fingerprint density at radius 2 is 1.40 bits per heavy atom. The van der Waals surface area contributed by atoms with E-state index in [1.165, 1.54) is 5.56 Å². The van der Waals surface area contributed by atoms with Gasteiger partial charge in [0.25, 0.3) is 0 Å². The highest BCUT2D eigenvalue weighted by molar-refractivity contribution is 5.84. The number of hydrogen-bond acceptors (Lipinski definition) is 2. The fourth-order valence-corrected chi connectivity index (χ4v) is 3.47. The fourth-order valence-electron chi connectivity index (χ4n) is 3.47. The number of amides is 2. The normalized spacial score (nSPS) is 19.8. The van der Waals surface area contributed by atoms with E-state index in [0.29, 0.717) is 5.92 Å². The second-order valence-electron chi connectivity index (χ2n) is 6.66. The largest absolute Gasteiger partial charge is 0.273 e. The van der Waals surface area contributed by atoms with Crippen molar-refractivity contribution in [1.82, 2.24) is 10.9 Å². The van der Waals surface area contributed by atoms with Gasteiger partial charge in [-0.05, 0) is 42.7 Å². The van der Waals surface area contributed by atoms with E-state index in [-0.39, 0.29) is 24.2 Å². The summed E-state index contributed by atoms with van der Waals surface area (Å²) in [5.41, 5.74) is 7.41. The second-order valence-corrected chi connectivity index (χ2v) is 6.66. The third kappa shape index (κ3) is 4.92. The summed E-state index contributed by atoms with van der Waals surface area (Å²) in [4.78, 5) is 24.2. The van der Waals surface area contributed by atoms with Crippen molar-refractivity contribution >= 4 is 11.8 Å². The minimum atomic E-state index is -0.197. The first-order valence-electron chi connectivity index (χ1n) is 8.90. The lowest BCUT2D eigenvalue weighted by Gasteiger charge is -2.28.